The molecule has 1 aromatic carbocycles. The second-order valence-electron chi connectivity index (χ2n) is 5.25. The standard InChI is InChI=1S/C16H19N5O4/c1-20(11-14(22)25-2)15-13(21(23)24)10-18-16(19-15)17-9-8-12-6-4-3-5-7-12/h3-7,10H,8-9,11H2,1-2H3,(H,17,18,19). The Labute approximate surface area is 144 Å². The van der Waals surface area contributed by atoms with Crippen molar-refractivity contribution in [2.75, 3.05) is 37.5 Å². The molecule has 0 fully saturated rings. The number of likely N-dealkylation sites (N-methyl/N-ethyl adjacent to an activating group) is 1. The maximum atomic E-state index is 11.4. The predicted octanol–water partition coefficient (Wildman–Crippen LogP) is 1.65. The van der Waals surface area contributed by atoms with Crippen molar-refractivity contribution >= 4 is 23.4 Å². The van der Waals surface area contributed by atoms with E-state index in [1.54, 1.807) is 0 Å². The van der Waals surface area contributed by atoms with Crippen LogP contribution in [0.25, 0.3) is 0 Å². The number of aromatic nitrogens is 2. The Morgan fingerprint density at radius 3 is 2.72 bits per heavy atom. The number of hydrogen-bond acceptors (Lipinski definition) is 8. The average molecular weight is 345 g/mol. The SMILES string of the molecule is COC(=O)CN(C)c1nc(NCCc2ccccc2)ncc1[N+](=O)[O-]. The number of carbonyl (C=O) groups excluding carboxylic acids is 1. The molecule has 0 radical (unpaired) electrons. The highest BCUT2D eigenvalue weighted by Crippen LogP contribution is 2.25. The van der Waals surface area contributed by atoms with Gasteiger partial charge in [0.15, 0.2) is 0 Å². The monoisotopic (exact) mass is 345 g/mol. The lowest BCUT2D eigenvalue weighted by molar-refractivity contribution is -0.384. The van der Waals surface area contributed by atoms with Crippen LogP contribution in [0, 0.1) is 10.1 Å². The van der Waals surface area contributed by atoms with Crippen LogP contribution in [0.15, 0.2) is 36.5 Å². The second-order valence-corrected chi connectivity index (χ2v) is 5.25. The van der Waals surface area contributed by atoms with Crippen molar-refractivity contribution in [2.45, 2.75) is 6.42 Å². The van der Waals surface area contributed by atoms with Crippen LogP contribution in [-0.2, 0) is 16.0 Å². The van der Waals surface area contributed by atoms with E-state index in [2.05, 4.69) is 20.0 Å². The summed E-state index contributed by atoms with van der Waals surface area (Å²) >= 11 is 0. The van der Waals surface area contributed by atoms with Crippen molar-refractivity contribution in [1.82, 2.24) is 9.97 Å². The zero-order valence-electron chi connectivity index (χ0n) is 14.0. The number of nitrogens with zero attached hydrogens (tertiary/aromatic N) is 4. The predicted molar refractivity (Wildman–Crippen MR) is 92.6 cm³/mol. The van der Waals surface area contributed by atoms with Gasteiger partial charge < -0.3 is 15.0 Å². The Balaban J connectivity index is 2.10. The van der Waals surface area contributed by atoms with Crippen LogP contribution in [0.5, 0.6) is 0 Å². The largest absolute Gasteiger partial charge is 0.468 e. The maximum Gasteiger partial charge on any atom is 0.329 e. The van der Waals surface area contributed by atoms with E-state index in [4.69, 9.17) is 0 Å². The highest BCUT2D eigenvalue weighted by molar-refractivity contribution is 5.76. The molecular formula is C16H19N5O4. The summed E-state index contributed by atoms with van der Waals surface area (Å²) in [5.41, 5.74) is 0.875. The molecular weight excluding hydrogens is 326 g/mol. The first kappa shape index (κ1) is 18.1. The molecule has 9 nitrogen and oxygen atoms in total. The van der Waals surface area contributed by atoms with Gasteiger partial charge in [0.25, 0.3) is 0 Å². The molecule has 0 unspecified atom stereocenters. The average Bonchev–Trinajstić information content (AvgIpc) is 2.62. The summed E-state index contributed by atoms with van der Waals surface area (Å²) in [7, 11) is 2.78. The maximum absolute atomic E-state index is 11.4. The van der Waals surface area contributed by atoms with E-state index in [0.29, 0.717) is 6.54 Å². The molecule has 132 valence electrons. The molecule has 0 amide bonds. The molecule has 9 heteroatoms. The topological polar surface area (TPSA) is 110 Å². The summed E-state index contributed by atoms with van der Waals surface area (Å²) < 4.78 is 4.58. The number of nitrogens with one attached hydrogen (secondary N) is 1. The normalized spacial score (nSPS) is 10.2. The molecule has 0 aliphatic carbocycles. The van der Waals surface area contributed by atoms with Gasteiger partial charge in [0.1, 0.15) is 12.7 Å². The first-order chi connectivity index (χ1) is 12.0. The molecule has 0 spiro atoms. The molecule has 2 aromatic rings. The number of methoxy groups -OCH3 is 1. The lowest BCUT2D eigenvalue weighted by Gasteiger charge is -2.17. The Hall–Kier alpha value is -3.23. The van der Waals surface area contributed by atoms with E-state index in [9.17, 15) is 14.9 Å². The van der Waals surface area contributed by atoms with Crippen LogP contribution in [0.2, 0.25) is 0 Å². The van der Waals surface area contributed by atoms with Gasteiger partial charge in [0, 0.05) is 13.6 Å². The van der Waals surface area contributed by atoms with E-state index < -0.39 is 10.9 Å². The van der Waals surface area contributed by atoms with Crippen molar-refractivity contribution in [3.63, 3.8) is 0 Å². The van der Waals surface area contributed by atoms with Gasteiger partial charge in [-0.05, 0) is 12.0 Å². The van der Waals surface area contributed by atoms with Gasteiger partial charge in [-0.1, -0.05) is 30.3 Å². The number of ether oxygens (including phenoxy) is 1. The van der Waals surface area contributed by atoms with Crippen molar-refractivity contribution in [3.8, 4) is 0 Å². The summed E-state index contributed by atoms with van der Waals surface area (Å²) in [5, 5.41) is 14.2. The van der Waals surface area contributed by atoms with Crippen molar-refractivity contribution in [3.05, 3.63) is 52.2 Å². The van der Waals surface area contributed by atoms with Crippen LogP contribution in [0.4, 0.5) is 17.5 Å². The molecule has 1 heterocycles. The molecule has 1 aromatic heterocycles. The second kappa shape index (κ2) is 8.57. The molecule has 0 saturated carbocycles. The third-order valence-corrected chi connectivity index (χ3v) is 3.44. The van der Waals surface area contributed by atoms with Crippen LogP contribution in [0.3, 0.4) is 0 Å². The minimum atomic E-state index is -0.586. The summed E-state index contributed by atoms with van der Waals surface area (Å²) in [6.07, 6.45) is 1.88. The van der Waals surface area contributed by atoms with E-state index in [1.807, 2.05) is 30.3 Å². The third kappa shape index (κ3) is 5.13. The van der Waals surface area contributed by atoms with Crippen molar-refractivity contribution in [1.29, 1.82) is 0 Å². The molecule has 0 saturated heterocycles. The Bertz CT molecular complexity index is 739. The fourth-order valence-corrected chi connectivity index (χ4v) is 2.16. The van der Waals surface area contributed by atoms with E-state index in [0.717, 1.165) is 18.2 Å². The minimum absolute atomic E-state index is 0.0487. The fraction of sp³-hybridized carbons (Fsp3) is 0.312. The number of rotatable bonds is 8. The van der Waals surface area contributed by atoms with Gasteiger partial charge in [0.2, 0.25) is 11.8 Å². The number of benzene rings is 1. The Kier molecular flexibility index (Phi) is 6.21. The number of nitro groups is 1. The van der Waals surface area contributed by atoms with E-state index in [-0.39, 0.29) is 24.0 Å². The van der Waals surface area contributed by atoms with Gasteiger partial charge in [-0.15, -0.1) is 0 Å². The zero-order chi connectivity index (χ0) is 18.2. The number of hydrogen-bond donors (Lipinski definition) is 1. The Morgan fingerprint density at radius 1 is 1.36 bits per heavy atom. The van der Waals surface area contributed by atoms with Crippen LogP contribution in [-0.4, -0.2) is 48.1 Å². The molecule has 25 heavy (non-hydrogen) atoms. The highest BCUT2D eigenvalue weighted by Gasteiger charge is 2.22. The summed E-state index contributed by atoms with van der Waals surface area (Å²) in [6.45, 7) is 0.416. The summed E-state index contributed by atoms with van der Waals surface area (Å²) in [6, 6.07) is 9.87. The lowest BCUT2D eigenvalue weighted by atomic mass is 10.1. The van der Waals surface area contributed by atoms with Gasteiger partial charge >= 0.3 is 11.7 Å². The first-order valence-corrected chi connectivity index (χ1v) is 7.58. The zero-order valence-corrected chi connectivity index (χ0v) is 14.0. The highest BCUT2D eigenvalue weighted by atomic mass is 16.6. The molecule has 0 aliphatic rings. The van der Waals surface area contributed by atoms with Crippen LogP contribution < -0.4 is 10.2 Å². The molecule has 0 atom stereocenters. The summed E-state index contributed by atoms with van der Waals surface area (Å²) in [4.78, 5) is 31.5. The minimum Gasteiger partial charge on any atom is -0.468 e. The van der Waals surface area contributed by atoms with Gasteiger partial charge in [-0.3, -0.25) is 14.9 Å². The van der Waals surface area contributed by atoms with Gasteiger partial charge in [-0.25, -0.2) is 4.98 Å². The molecule has 1 N–H and O–H groups in total. The number of carbonyl (C=O) groups is 1. The lowest BCUT2D eigenvalue weighted by Crippen LogP contribution is -2.28. The van der Waals surface area contributed by atoms with Gasteiger partial charge in [-0.2, -0.15) is 4.98 Å². The summed E-state index contributed by atoms with van der Waals surface area (Å²) in [5.74, 6) is -0.213. The first-order valence-electron chi connectivity index (χ1n) is 7.58. The quantitative estimate of drug-likeness (QED) is 0.437. The van der Waals surface area contributed by atoms with Crippen LogP contribution in [0.1, 0.15) is 5.56 Å². The number of anilines is 2. The van der Waals surface area contributed by atoms with Crippen LogP contribution >= 0.6 is 0 Å². The van der Waals surface area contributed by atoms with Gasteiger partial charge in [0.05, 0.1) is 12.0 Å². The molecule has 2 rings (SSSR count). The van der Waals surface area contributed by atoms with E-state index in [1.165, 1.54) is 19.1 Å². The Morgan fingerprint density at radius 2 is 2.08 bits per heavy atom. The third-order valence-electron chi connectivity index (χ3n) is 3.44. The fourth-order valence-electron chi connectivity index (χ4n) is 2.16. The number of esters is 1. The van der Waals surface area contributed by atoms with E-state index >= 15 is 0 Å². The molecule has 0 bridgehead atoms. The smallest absolute Gasteiger partial charge is 0.329 e. The van der Waals surface area contributed by atoms with Crippen molar-refractivity contribution < 1.29 is 14.5 Å². The van der Waals surface area contributed by atoms with Crippen molar-refractivity contribution in [2.24, 2.45) is 0 Å². The molecule has 0 aliphatic heterocycles.